The normalized spacial score (nSPS) is 14.8. The van der Waals surface area contributed by atoms with Crippen LogP contribution in [0.3, 0.4) is 0 Å². The van der Waals surface area contributed by atoms with Gasteiger partial charge in [-0.1, -0.05) is 0 Å². The summed E-state index contributed by atoms with van der Waals surface area (Å²) in [5, 5.41) is 15.1. The number of piperazine rings is 1. The lowest BCUT2D eigenvalue weighted by atomic mass is 10.2. The summed E-state index contributed by atoms with van der Waals surface area (Å²) < 4.78 is 0. The number of hydrogen-bond donors (Lipinski definition) is 2. The molecule has 100 valence electrons. The van der Waals surface area contributed by atoms with Gasteiger partial charge in [0.15, 0.2) is 0 Å². The highest BCUT2D eigenvalue weighted by molar-refractivity contribution is 5.81. The van der Waals surface area contributed by atoms with Crippen LogP contribution in [0, 0.1) is 18.3 Å². The molecule has 0 spiro atoms. The Labute approximate surface area is 112 Å². The highest BCUT2D eigenvalue weighted by Crippen LogP contribution is 2.11. The third-order valence-electron chi connectivity index (χ3n) is 3.03. The number of nitriles is 1. The quantitative estimate of drug-likeness (QED) is 0.805. The van der Waals surface area contributed by atoms with Gasteiger partial charge in [-0.15, -0.1) is 0 Å². The summed E-state index contributed by atoms with van der Waals surface area (Å²) in [6.07, 6.45) is 0. The fourth-order valence-corrected chi connectivity index (χ4v) is 1.97. The van der Waals surface area contributed by atoms with Gasteiger partial charge >= 0.3 is 0 Å². The van der Waals surface area contributed by atoms with Crippen LogP contribution >= 0.6 is 0 Å². The van der Waals surface area contributed by atoms with Gasteiger partial charge in [0.05, 0.1) is 12.1 Å². The van der Waals surface area contributed by atoms with E-state index in [1.807, 2.05) is 11.8 Å². The van der Waals surface area contributed by atoms with Gasteiger partial charge in [0.2, 0.25) is 5.91 Å². The summed E-state index contributed by atoms with van der Waals surface area (Å²) >= 11 is 0. The molecule has 1 aliphatic rings. The second kappa shape index (κ2) is 6.16. The molecular formula is C13H17N5O. The molecule has 0 saturated carbocycles. The Morgan fingerprint density at radius 2 is 2.26 bits per heavy atom. The van der Waals surface area contributed by atoms with Gasteiger partial charge in [-0.05, 0) is 19.1 Å². The Morgan fingerprint density at radius 1 is 1.53 bits per heavy atom. The zero-order valence-electron chi connectivity index (χ0n) is 10.9. The smallest absolute Gasteiger partial charge is 0.242 e. The first kappa shape index (κ1) is 13.3. The highest BCUT2D eigenvalue weighted by Gasteiger charge is 2.16. The Balaban J connectivity index is 1.96. The maximum absolute atomic E-state index is 12.0. The first-order valence-corrected chi connectivity index (χ1v) is 6.31. The summed E-state index contributed by atoms with van der Waals surface area (Å²) in [4.78, 5) is 18.0. The molecule has 6 nitrogen and oxygen atoms in total. The molecule has 0 unspecified atom stereocenters. The molecule has 19 heavy (non-hydrogen) atoms. The molecule has 1 aromatic heterocycles. The van der Waals surface area contributed by atoms with E-state index in [9.17, 15) is 4.79 Å². The molecule has 1 fully saturated rings. The van der Waals surface area contributed by atoms with Crippen molar-refractivity contribution in [2.45, 2.75) is 6.92 Å². The number of nitrogens with zero attached hydrogens (tertiary/aromatic N) is 3. The van der Waals surface area contributed by atoms with E-state index in [1.54, 1.807) is 12.1 Å². The monoisotopic (exact) mass is 259 g/mol. The summed E-state index contributed by atoms with van der Waals surface area (Å²) in [5.74, 6) is 0.514. The fourth-order valence-electron chi connectivity index (χ4n) is 1.97. The van der Waals surface area contributed by atoms with Crippen LogP contribution in [0.15, 0.2) is 12.1 Å². The van der Waals surface area contributed by atoms with Gasteiger partial charge in [-0.25, -0.2) is 4.98 Å². The number of amides is 1. The van der Waals surface area contributed by atoms with Crippen molar-refractivity contribution in [3.05, 3.63) is 23.4 Å². The molecule has 0 aromatic carbocycles. The summed E-state index contributed by atoms with van der Waals surface area (Å²) in [5.41, 5.74) is 1.27. The van der Waals surface area contributed by atoms with Crippen molar-refractivity contribution in [1.29, 1.82) is 5.26 Å². The van der Waals surface area contributed by atoms with Crippen molar-refractivity contribution in [1.82, 2.24) is 15.2 Å². The molecule has 1 saturated heterocycles. The maximum Gasteiger partial charge on any atom is 0.242 e. The van der Waals surface area contributed by atoms with Crippen molar-refractivity contribution in [3.8, 4) is 6.07 Å². The van der Waals surface area contributed by atoms with Crippen molar-refractivity contribution in [3.63, 3.8) is 0 Å². The van der Waals surface area contributed by atoms with E-state index in [0.717, 1.165) is 31.9 Å². The van der Waals surface area contributed by atoms with Crippen LogP contribution in [0.1, 0.15) is 11.3 Å². The predicted octanol–water partition coefficient (Wildman–Crippen LogP) is 0.105. The van der Waals surface area contributed by atoms with Crippen molar-refractivity contribution in [2.24, 2.45) is 0 Å². The summed E-state index contributed by atoms with van der Waals surface area (Å²) in [6.45, 7) is 5.14. The minimum atomic E-state index is 0.0358. The molecule has 1 amide bonds. The van der Waals surface area contributed by atoms with Crippen LogP contribution in [-0.4, -0.2) is 48.5 Å². The van der Waals surface area contributed by atoms with Gasteiger partial charge in [-0.3, -0.25) is 4.79 Å². The van der Waals surface area contributed by atoms with Crippen molar-refractivity contribution < 1.29 is 4.79 Å². The lowest BCUT2D eigenvalue weighted by Crippen LogP contribution is -2.48. The molecule has 2 heterocycles. The summed E-state index contributed by atoms with van der Waals surface area (Å²) in [7, 11) is 0. The van der Waals surface area contributed by atoms with Crippen LogP contribution in [0.4, 0.5) is 5.82 Å². The Morgan fingerprint density at radius 3 is 2.95 bits per heavy atom. The first-order chi connectivity index (χ1) is 9.20. The van der Waals surface area contributed by atoms with Gasteiger partial charge in [0.25, 0.3) is 0 Å². The van der Waals surface area contributed by atoms with E-state index in [-0.39, 0.29) is 12.5 Å². The Kier molecular flexibility index (Phi) is 4.31. The minimum absolute atomic E-state index is 0.0358. The third kappa shape index (κ3) is 3.42. The minimum Gasteiger partial charge on any atom is -0.360 e. The van der Waals surface area contributed by atoms with E-state index in [0.29, 0.717) is 11.4 Å². The van der Waals surface area contributed by atoms with Crippen molar-refractivity contribution >= 4 is 11.7 Å². The second-order valence-electron chi connectivity index (χ2n) is 4.44. The number of aromatic nitrogens is 1. The van der Waals surface area contributed by atoms with Crippen LogP contribution < -0.4 is 10.6 Å². The molecule has 2 N–H and O–H groups in total. The van der Waals surface area contributed by atoms with E-state index >= 15 is 0 Å². The third-order valence-corrected chi connectivity index (χ3v) is 3.03. The summed E-state index contributed by atoms with van der Waals surface area (Å²) in [6, 6.07) is 5.55. The van der Waals surface area contributed by atoms with Gasteiger partial charge in [-0.2, -0.15) is 5.26 Å². The largest absolute Gasteiger partial charge is 0.360 e. The first-order valence-electron chi connectivity index (χ1n) is 6.31. The van der Waals surface area contributed by atoms with E-state index in [4.69, 9.17) is 5.26 Å². The van der Waals surface area contributed by atoms with E-state index in [1.165, 1.54) is 0 Å². The standard InChI is InChI=1S/C13H17N5O/c1-10-2-3-11(8-14)13(17-10)16-9-12(19)18-6-4-15-5-7-18/h2-3,15H,4-7,9H2,1H3,(H,16,17). The second-order valence-corrected chi connectivity index (χ2v) is 4.44. The molecule has 0 aliphatic carbocycles. The average molecular weight is 259 g/mol. The van der Waals surface area contributed by atoms with E-state index < -0.39 is 0 Å². The number of rotatable bonds is 3. The van der Waals surface area contributed by atoms with Gasteiger partial charge < -0.3 is 15.5 Å². The van der Waals surface area contributed by atoms with Gasteiger partial charge in [0, 0.05) is 31.9 Å². The molecule has 0 radical (unpaired) electrons. The molecule has 2 rings (SSSR count). The van der Waals surface area contributed by atoms with E-state index in [2.05, 4.69) is 21.7 Å². The SMILES string of the molecule is Cc1ccc(C#N)c(NCC(=O)N2CCNCC2)n1. The molecular weight excluding hydrogens is 242 g/mol. The topological polar surface area (TPSA) is 81.0 Å². The average Bonchev–Trinajstić information content (AvgIpc) is 2.46. The Bertz CT molecular complexity index is 502. The Hall–Kier alpha value is -2.13. The number of aryl methyl sites for hydroxylation is 1. The number of pyridine rings is 1. The maximum atomic E-state index is 12.0. The highest BCUT2D eigenvalue weighted by atomic mass is 16.2. The number of nitrogens with one attached hydrogen (secondary N) is 2. The lowest BCUT2D eigenvalue weighted by molar-refractivity contribution is -0.129. The van der Waals surface area contributed by atoms with Crippen LogP contribution in [0.25, 0.3) is 0 Å². The van der Waals surface area contributed by atoms with Crippen LogP contribution in [0.2, 0.25) is 0 Å². The molecule has 0 bridgehead atoms. The van der Waals surface area contributed by atoms with Crippen molar-refractivity contribution in [2.75, 3.05) is 38.0 Å². The molecule has 0 atom stereocenters. The fraction of sp³-hybridized carbons (Fsp3) is 0.462. The number of carbonyl (C=O) groups is 1. The zero-order valence-corrected chi connectivity index (χ0v) is 10.9. The predicted molar refractivity (Wildman–Crippen MR) is 71.6 cm³/mol. The number of carbonyl (C=O) groups excluding carboxylic acids is 1. The van der Waals surface area contributed by atoms with Crippen LogP contribution in [-0.2, 0) is 4.79 Å². The molecule has 1 aliphatic heterocycles. The molecule has 6 heteroatoms. The molecule has 1 aromatic rings. The number of anilines is 1. The lowest BCUT2D eigenvalue weighted by Gasteiger charge is -2.27. The number of hydrogen-bond acceptors (Lipinski definition) is 5. The van der Waals surface area contributed by atoms with Gasteiger partial charge in [0.1, 0.15) is 11.9 Å². The zero-order chi connectivity index (χ0) is 13.7. The van der Waals surface area contributed by atoms with Crippen LogP contribution in [0.5, 0.6) is 0 Å².